The first kappa shape index (κ1) is 15.2. The molecule has 5 nitrogen and oxygen atoms in total. The van der Waals surface area contributed by atoms with E-state index in [1.807, 2.05) is 28.9 Å². The molecule has 0 aromatic carbocycles. The Morgan fingerprint density at radius 3 is 2.91 bits per heavy atom. The maximum atomic E-state index is 11.9. The van der Waals surface area contributed by atoms with Crippen molar-refractivity contribution in [1.82, 2.24) is 20.0 Å². The molecule has 0 radical (unpaired) electrons. The first-order chi connectivity index (χ1) is 10.7. The third-order valence-corrected chi connectivity index (χ3v) is 4.30. The smallest absolute Gasteiger partial charge is 0.315 e. The second-order valence-electron chi connectivity index (χ2n) is 5.83. The average Bonchev–Trinajstić information content (AvgIpc) is 2.90. The van der Waals surface area contributed by atoms with Gasteiger partial charge in [-0.2, -0.15) is 0 Å². The highest BCUT2D eigenvalue weighted by molar-refractivity contribution is 6.30. The molecule has 3 rings (SSSR count). The van der Waals surface area contributed by atoms with Crippen molar-refractivity contribution in [3.63, 3.8) is 0 Å². The van der Waals surface area contributed by atoms with E-state index < -0.39 is 0 Å². The maximum absolute atomic E-state index is 11.9. The standard InChI is InChI=1S/C16H21ClN4O/c17-12-6-7-15-19-14(11-21(15)10-12)8-9-18-16(22)20-13-4-2-1-3-5-13/h6-7,10-11,13H,1-5,8-9H2,(H2,18,20,22). The number of nitrogens with zero attached hydrogens (tertiary/aromatic N) is 2. The molecule has 0 atom stereocenters. The van der Waals surface area contributed by atoms with Gasteiger partial charge >= 0.3 is 6.03 Å². The molecule has 1 aliphatic carbocycles. The zero-order valence-corrected chi connectivity index (χ0v) is 13.3. The van der Waals surface area contributed by atoms with Gasteiger partial charge in [-0.3, -0.25) is 0 Å². The number of hydrogen-bond acceptors (Lipinski definition) is 2. The van der Waals surface area contributed by atoms with Crippen LogP contribution >= 0.6 is 11.6 Å². The minimum atomic E-state index is -0.0706. The van der Waals surface area contributed by atoms with Crippen LogP contribution < -0.4 is 10.6 Å². The molecule has 2 amide bonds. The van der Waals surface area contributed by atoms with Crippen molar-refractivity contribution in [3.8, 4) is 0 Å². The number of hydrogen-bond donors (Lipinski definition) is 2. The maximum Gasteiger partial charge on any atom is 0.315 e. The number of halogens is 1. The monoisotopic (exact) mass is 320 g/mol. The van der Waals surface area contributed by atoms with Crippen LogP contribution in [0, 0.1) is 0 Å². The number of aromatic nitrogens is 2. The molecule has 0 bridgehead atoms. The lowest BCUT2D eigenvalue weighted by molar-refractivity contribution is 0.233. The number of amides is 2. The predicted octanol–water partition coefficient (Wildman–Crippen LogP) is 3.16. The van der Waals surface area contributed by atoms with E-state index in [-0.39, 0.29) is 6.03 Å². The van der Waals surface area contributed by atoms with Gasteiger partial charge in [-0.15, -0.1) is 0 Å². The molecule has 2 aromatic rings. The van der Waals surface area contributed by atoms with Crippen molar-refractivity contribution in [2.75, 3.05) is 6.54 Å². The number of imidazole rings is 1. The first-order valence-corrected chi connectivity index (χ1v) is 8.26. The van der Waals surface area contributed by atoms with Gasteiger partial charge in [-0.1, -0.05) is 30.9 Å². The second-order valence-corrected chi connectivity index (χ2v) is 6.27. The molecule has 0 saturated heterocycles. The van der Waals surface area contributed by atoms with Gasteiger partial charge in [0.1, 0.15) is 5.65 Å². The van der Waals surface area contributed by atoms with Gasteiger partial charge in [0, 0.05) is 31.4 Å². The Kier molecular flexibility index (Phi) is 4.83. The van der Waals surface area contributed by atoms with E-state index in [4.69, 9.17) is 11.6 Å². The van der Waals surface area contributed by atoms with Crippen LogP contribution in [0.5, 0.6) is 0 Å². The van der Waals surface area contributed by atoms with Gasteiger partial charge in [-0.05, 0) is 25.0 Å². The van der Waals surface area contributed by atoms with Crippen molar-refractivity contribution in [3.05, 3.63) is 35.2 Å². The number of fused-ring (bicyclic) bond motifs is 1. The minimum absolute atomic E-state index is 0.0706. The van der Waals surface area contributed by atoms with E-state index in [2.05, 4.69) is 15.6 Å². The Bertz CT molecular complexity index is 649. The summed E-state index contributed by atoms with van der Waals surface area (Å²) in [7, 11) is 0. The lowest BCUT2D eigenvalue weighted by Crippen LogP contribution is -2.43. The summed E-state index contributed by atoms with van der Waals surface area (Å²) in [6.07, 6.45) is 10.4. The van der Waals surface area contributed by atoms with Gasteiger partial charge in [0.25, 0.3) is 0 Å². The summed E-state index contributed by atoms with van der Waals surface area (Å²) in [5, 5.41) is 6.64. The third-order valence-electron chi connectivity index (χ3n) is 4.07. The summed E-state index contributed by atoms with van der Waals surface area (Å²) in [6.45, 7) is 0.580. The van der Waals surface area contributed by atoms with Gasteiger partial charge in [0.05, 0.1) is 10.7 Å². The normalized spacial score (nSPS) is 15.9. The molecular formula is C16H21ClN4O. The highest BCUT2D eigenvalue weighted by Crippen LogP contribution is 2.17. The van der Waals surface area contributed by atoms with E-state index in [1.165, 1.54) is 19.3 Å². The van der Waals surface area contributed by atoms with E-state index in [0.717, 1.165) is 24.2 Å². The summed E-state index contributed by atoms with van der Waals surface area (Å²) in [6, 6.07) is 3.98. The molecular weight excluding hydrogens is 300 g/mol. The van der Waals surface area contributed by atoms with E-state index in [1.54, 1.807) is 0 Å². The first-order valence-electron chi connectivity index (χ1n) is 7.88. The molecule has 1 saturated carbocycles. The summed E-state index contributed by atoms with van der Waals surface area (Å²) in [5.74, 6) is 0. The van der Waals surface area contributed by atoms with Crippen LogP contribution in [0.3, 0.4) is 0 Å². The van der Waals surface area contributed by atoms with Crippen molar-refractivity contribution in [2.24, 2.45) is 0 Å². The Labute approximate surface area is 135 Å². The van der Waals surface area contributed by atoms with Gasteiger partial charge in [-0.25, -0.2) is 9.78 Å². The van der Waals surface area contributed by atoms with E-state index >= 15 is 0 Å². The molecule has 0 unspecified atom stereocenters. The lowest BCUT2D eigenvalue weighted by atomic mass is 9.96. The Hall–Kier alpha value is -1.75. The largest absolute Gasteiger partial charge is 0.338 e. The van der Waals surface area contributed by atoms with Crippen LogP contribution in [-0.4, -0.2) is 28.0 Å². The summed E-state index contributed by atoms with van der Waals surface area (Å²) < 4.78 is 1.90. The number of rotatable bonds is 4. The Morgan fingerprint density at radius 2 is 2.09 bits per heavy atom. The highest BCUT2D eigenvalue weighted by atomic mass is 35.5. The number of nitrogens with one attached hydrogen (secondary N) is 2. The molecule has 6 heteroatoms. The fraction of sp³-hybridized carbons (Fsp3) is 0.500. The minimum Gasteiger partial charge on any atom is -0.338 e. The van der Waals surface area contributed by atoms with Crippen molar-refractivity contribution in [2.45, 2.75) is 44.6 Å². The van der Waals surface area contributed by atoms with Crippen LogP contribution in [0.25, 0.3) is 5.65 Å². The van der Waals surface area contributed by atoms with Gasteiger partial charge in [0.15, 0.2) is 0 Å². The summed E-state index contributed by atoms with van der Waals surface area (Å²) in [5.41, 5.74) is 1.81. The number of urea groups is 1. The van der Waals surface area contributed by atoms with Gasteiger partial charge in [0.2, 0.25) is 0 Å². The lowest BCUT2D eigenvalue weighted by Gasteiger charge is -2.22. The number of carbonyl (C=O) groups is 1. The van der Waals surface area contributed by atoms with Crippen LogP contribution in [0.2, 0.25) is 5.02 Å². The van der Waals surface area contributed by atoms with E-state index in [0.29, 0.717) is 24.0 Å². The van der Waals surface area contributed by atoms with Crippen molar-refractivity contribution in [1.29, 1.82) is 0 Å². The molecule has 2 heterocycles. The molecule has 118 valence electrons. The quantitative estimate of drug-likeness (QED) is 0.909. The molecule has 2 aromatic heterocycles. The zero-order valence-electron chi connectivity index (χ0n) is 12.5. The van der Waals surface area contributed by atoms with Crippen LogP contribution in [0.15, 0.2) is 24.5 Å². The number of pyridine rings is 1. The molecule has 0 spiro atoms. The van der Waals surface area contributed by atoms with Crippen molar-refractivity contribution >= 4 is 23.3 Å². The van der Waals surface area contributed by atoms with Crippen LogP contribution in [-0.2, 0) is 6.42 Å². The SMILES string of the molecule is O=C(NCCc1cn2cc(Cl)ccc2n1)NC1CCCCC1. The third kappa shape index (κ3) is 3.91. The second kappa shape index (κ2) is 7.01. The fourth-order valence-corrected chi connectivity index (χ4v) is 3.09. The summed E-state index contributed by atoms with van der Waals surface area (Å²) in [4.78, 5) is 16.4. The summed E-state index contributed by atoms with van der Waals surface area (Å²) >= 11 is 5.95. The Balaban J connectivity index is 1.46. The average molecular weight is 321 g/mol. The van der Waals surface area contributed by atoms with Gasteiger partial charge < -0.3 is 15.0 Å². The molecule has 22 heavy (non-hydrogen) atoms. The zero-order chi connectivity index (χ0) is 15.4. The fourth-order valence-electron chi connectivity index (χ4n) is 2.93. The van der Waals surface area contributed by atoms with E-state index in [9.17, 15) is 4.79 Å². The molecule has 0 aliphatic heterocycles. The topological polar surface area (TPSA) is 58.4 Å². The highest BCUT2D eigenvalue weighted by Gasteiger charge is 2.15. The molecule has 1 aliphatic rings. The predicted molar refractivity (Wildman–Crippen MR) is 87.3 cm³/mol. The molecule has 2 N–H and O–H groups in total. The van der Waals surface area contributed by atoms with Crippen LogP contribution in [0.4, 0.5) is 4.79 Å². The Morgan fingerprint density at radius 1 is 1.27 bits per heavy atom. The van der Waals surface area contributed by atoms with Crippen molar-refractivity contribution < 1.29 is 4.79 Å². The molecule has 1 fully saturated rings. The number of carbonyl (C=O) groups excluding carboxylic acids is 1. The van der Waals surface area contributed by atoms with Crippen LogP contribution in [0.1, 0.15) is 37.8 Å².